The Morgan fingerprint density at radius 1 is 1.48 bits per heavy atom. The highest BCUT2D eigenvalue weighted by atomic mass is 16.6. The molecule has 0 radical (unpaired) electrons. The minimum atomic E-state index is -0.506. The predicted molar refractivity (Wildman–Crippen MR) is 75.2 cm³/mol. The highest BCUT2D eigenvalue weighted by Gasteiger charge is 2.23. The van der Waals surface area contributed by atoms with Crippen molar-refractivity contribution in [3.63, 3.8) is 0 Å². The number of ether oxygens (including phenoxy) is 1. The van der Waals surface area contributed by atoms with Gasteiger partial charge >= 0.3 is 0 Å². The molecule has 1 aliphatic heterocycles. The second-order valence-electron chi connectivity index (χ2n) is 4.42. The van der Waals surface area contributed by atoms with Gasteiger partial charge in [-0.15, -0.1) is 0 Å². The van der Waals surface area contributed by atoms with Crippen LogP contribution < -0.4 is 10.4 Å². The molecule has 21 heavy (non-hydrogen) atoms. The fraction of sp³-hybridized carbons (Fsp3) is 0.462. The van der Waals surface area contributed by atoms with Crippen molar-refractivity contribution in [2.45, 2.75) is 6.92 Å². The zero-order chi connectivity index (χ0) is 15.2. The van der Waals surface area contributed by atoms with E-state index in [1.165, 1.54) is 6.07 Å². The number of nitrogens with one attached hydrogen (secondary N) is 1. The Balaban J connectivity index is 2.26. The van der Waals surface area contributed by atoms with Crippen molar-refractivity contribution in [3.8, 4) is 0 Å². The molecule has 8 nitrogen and oxygen atoms in total. The molecule has 0 aliphatic carbocycles. The fourth-order valence-corrected chi connectivity index (χ4v) is 2.08. The third-order valence-corrected chi connectivity index (χ3v) is 3.10. The summed E-state index contributed by atoms with van der Waals surface area (Å²) in [5.74, 6) is -0.506. The van der Waals surface area contributed by atoms with Crippen LogP contribution in [0.5, 0.6) is 0 Å². The Morgan fingerprint density at radius 2 is 2.19 bits per heavy atom. The van der Waals surface area contributed by atoms with Gasteiger partial charge in [-0.25, -0.2) is 5.48 Å². The summed E-state index contributed by atoms with van der Waals surface area (Å²) in [4.78, 5) is 29.2. The van der Waals surface area contributed by atoms with E-state index in [1.807, 2.05) is 4.90 Å². The summed E-state index contributed by atoms with van der Waals surface area (Å²) in [7, 11) is 0. The first-order chi connectivity index (χ1) is 10.1. The van der Waals surface area contributed by atoms with Crippen LogP contribution >= 0.6 is 0 Å². The van der Waals surface area contributed by atoms with Crippen molar-refractivity contribution in [3.05, 3.63) is 33.9 Å². The largest absolute Gasteiger partial charge is 0.378 e. The quantitative estimate of drug-likeness (QED) is 0.646. The number of nitro groups is 1. The molecule has 0 unspecified atom stereocenters. The van der Waals surface area contributed by atoms with Gasteiger partial charge in [-0.05, 0) is 19.1 Å². The van der Waals surface area contributed by atoms with E-state index >= 15 is 0 Å². The van der Waals surface area contributed by atoms with Gasteiger partial charge in [-0.2, -0.15) is 0 Å². The van der Waals surface area contributed by atoms with Crippen LogP contribution in [0.4, 0.5) is 11.4 Å². The number of carbonyl (C=O) groups is 1. The van der Waals surface area contributed by atoms with Gasteiger partial charge in [0.15, 0.2) is 0 Å². The Morgan fingerprint density at radius 3 is 2.81 bits per heavy atom. The van der Waals surface area contributed by atoms with E-state index in [1.54, 1.807) is 19.1 Å². The Kier molecular flexibility index (Phi) is 5.07. The molecule has 0 bridgehead atoms. The number of hydrogen-bond acceptors (Lipinski definition) is 6. The molecule has 0 aromatic heterocycles. The van der Waals surface area contributed by atoms with Crippen molar-refractivity contribution in [2.75, 3.05) is 37.8 Å². The molecule has 1 aromatic carbocycles. The van der Waals surface area contributed by atoms with E-state index in [-0.39, 0.29) is 11.3 Å². The molecular weight excluding hydrogens is 278 g/mol. The van der Waals surface area contributed by atoms with Crippen LogP contribution in [-0.2, 0) is 9.57 Å². The van der Waals surface area contributed by atoms with E-state index in [2.05, 4.69) is 5.48 Å². The van der Waals surface area contributed by atoms with E-state index in [0.29, 0.717) is 38.6 Å². The number of hydroxylamine groups is 1. The van der Waals surface area contributed by atoms with E-state index < -0.39 is 10.8 Å². The van der Waals surface area contributed by atoms with Gasteiger partial charge < -0.3 is 9.64 Å². The number of rotatable bonds is 5. The second-order valence-corrected chi connectivity index (χ2v) is 4.42. The number of amides is 1. The molecule has 1 aliphatic rings. The number of hydrogen-bond donors (Lipinski definition) is 1. The van der Waals surface area contributed by atoms with Crippen molar-refractivity contribution in [1.29, 1.82) is 0 Å². The van der Waals surface area contributed by atoms with E-state index in [0.717, 1.165) is 0 Å². The average Bonchev–Trinajstić information content (AvgIpc) is 2.52. The van der Waals surface area contributed by atoms with E-state index in [4.69, 9.17) is 9.57 Å². The fourth-order valence-electron chi connectivity index (χ4n) is 2.08. The topological polar surface area (TPSA) is 93.9 Å². The van der Waals surface area contributed by atoms with Crippen LogP contribution in [-0.4, -0.2) is 43.7 Å². The Hall–Kier alpha value is -2.19. The molecule has 1 amide bonds. The number of nitro benzene ring substituents is 1. The first-order valence-electron chi connectivity index (χ1n) is 6.66. The minimum Gasteiger partial charge on any atom is -0.378 e. The molecule has 1 fully saturated rings. The molecule has 1 heterocycles. The number of benzene rings is 1. The summed E-state index contributed by atoms with van der Waals surface area (Å²) in [5, 5.41) is 11.2. The standard InChI is InChI=1S/C13H17N3O5/c1-2-21-14-13(17)10-3-4-11(12(9-10)16(18)19)15-5-7-20-8-6-15/h3-4,9H,2,5-8H2,1H3,(H,14,17). The van der Waals surface area contributed by atoms with Gasteiger partial charge in [0, 0.05) is 24.7 Å². The summed E-state index contributed by atoms with van der Waals surface area (Å²) in [6.07, 6.45) is 0. The van der Waals surface area contributed by atoms with Gasteiger partial charge in [0.25, 0.3) is 11.6 Å². The van der Waals surface area contributed by atoms with Gasteiger partial charge in [-0.3, -0.25) is 19.7 Å². The highest BCUT2D eigenvalue weighted by molar-refractivity contribution is 5.95. The minimum absolute atomic E-state index is 0.0963. The van der Waals surface area contributed by atoms with Crippen LogP contribution in [0.2, 0.25) is 0 Å². The van der Waals surface area contributed by atoms with Crippen molar-refractivity contribution in [2.24, 2.45) is 0 Å². The summed E-state index contributed by atoms with van der Waals surface area (Å²) in [5.41, 5.74) is 2.81. The van der Waals surface area contributed by atoms with Gasteiger partial charge in [0.2, 0.25) is 0 Å². The summed E-state index contributed by atoms with van der Waals surface area (Å²) in [6.45, 7) is 4.29. The summed E-state index contributed by atoms with van der Waals surface area (Å²) in [6, 6.07) is 4.40. The first kappa shape index (κ1) is 15.2. The molecule has 0 spiro atoms. The zero-order valence-electron chi connectivity index (χ0n) is 11.7. The van der Waals surface area contributed by atoms with Gasteiger partial charge in [-0.1, -0.05) is 0 Å². The lowest BCUT2D eigenvalue weighted by molar-refractivity contribution is -0.384. The molecule has 0 atom stereocenters. The van der Waals surface area contributed by atoms with Gasteiger partial charge in [0.1, 0.15) is 5.69 Å². The third kappa shape index (κ3) is 3.67. The average molecular weight is 295 g/mol. The van der Waals surface area contributed by atoms with Crippen LogP contribution in [0.1, 0.15) is 17.3 Å². The lowest BCUT2D eigenvalue weighted by Crippen LogP contribution is -2.36. The van der Waals surface area contributed by atoms with Crippen molar-refractivity contribution in [1.82, 2.24) is 5.48 Å². The zero-order valence-corrected chi connectivity index (χ0v) is 11.7. The molecular formula is C13H17N3O5. The maximum atomic E-state index is 11.8. The lowest BCUT2D eigenvalue weighted by Gasteiger charge is -2.28. The number of nitrogens with zero attached hydrogens (tertiary/aromatic N) is 2. The molecule has 1 saturated heterocycles. The maximum Gasteiger partial charge on any atom is 0.293 e. The molecule has 2 rings (SSSR count). The van der Waals surface area contributed by atoms with Crippen LogP contribution in [0, 0.1) is 10.1 Å². The Labute approximate surface area is 121 Å². The SMILES string of the molecule is CCONC(=O)c1ccc(N2CCOCC2)c([N+](=O)[O-])c1. The third-order valence-electron chi connectivity index (χ3n) is 3.10. The number of carbonyl (C=O) groups excluding carboxylic acids is 1. The Bertz CT molecular complexity index is 529. The molecule has 0 saturated carbocycles. The summed E-state index contributed by atoms with van der Waals surface area (Å²) < 4.78 is 5.24. The molecule has 1 aromatic rings. The second kappa shape index (κ2) is 7.00. The maximum absolute atomic E-state index is 11.8. The normalized spacial score (nSPS) is 14.8. The highest BCUT2D eigenvalue weighted by Crippen LogP contribution is 2.29. The van der Waals surface area contributed by atoms with Crippen LogP contribution in [0.25, 0.3) is 0 Å². The van der Waals surface area contributed by atoms with Crippen LogP contribution in [0.15, 0.2) is 18.2 Å². The first-order valence-corrected chi connectivity index (χ1v) is 6.66. The predicted octanol–water partition coefficient (Wildman–Crippen LogP) is 1.11. The summed E-state index contributed by atoms with van der Waals surface area (Å²) >= 11 is 0. The van der Waals surface area contributed by atoms with Crippen LogP contribution in [0.3, 0.4) is 0 Å². The monoisotopic (exact) mass is 295 g/mol. The van der Waals surface area contributed by atoms with Crippen molar-refractivity contribution < 1.29 is 19.3 Å². The molecule has 8 heteroatoms. The van der Waals surface area contributed by atoms with Gasteiger partial charge in [0.05, 0.1) is 24.7 Å². The smallest absolute Gasteiger partial charge is 0.293 e. The molecule has 1 N–H and O–H groups in total. The number of anilines is 1. The lowest BCUT2D eigenvalue weighted by atomic mass is 10.1. The van der Waals surface area contributed by atoms with E-state index in [9.17, 15) is 14.9 Å². The molecule has 114 valence electrons. The number of morpholine rings is 1. The van der Waals surface area contributed by atoms with Crippen molar-refractivity contribution >= 4 is 17.3 Å².